The van der Waals surface area contributed by atoms with Gasteiger partial charge in [0.05, 0.1) is 0 Å². The molecule has 18 heavy (non-hydrogen) atoms. The van der Waals surface area contributed by atoms with Crippen LogP contribution in [0.4, 0.5) is 0 Å². The Morgan fingerprint density at radius 1 is 1.28 bits per heavy atom. The topological polar surface area (TPSA) is 12.0 Å². The van der Waals surface area contributed by atoms with E-state index in [2.05, 4.69) is 54.7 Å². The number of allylic oxidation sites excluding steroid dienone is 1. The monoisotopic (exact) mass is 257 g/mol. The van der Waals surface area contributed by atoms with Crippen molar-refractivity contribution in [3.63, 3.8) is 0 Å². The molecule has 1 nitrogen and oxygen atoms in total. The first-order valence-corrected chi connectivity index (χ1v) is 7.54. The molecule has 1 heterocycles. The first kappa shape index (κ1) is 11.9. The van der Waals surface area contributed by atoms with Gasteiger partial charge in [-0.15, -0.1) is 11.3 Å². The fourth-order valence-corrected chi connectivity index (χ4v) is 3.67. The summed E-state index contributed by atoms with van der Waals surface area (Å²) < 4.78 is 1.39. The maximum absolute atomic E-state index is 3.76. The van der Waals surface area contributed by atoms with Gasteiger partial charge in [0.15, 0.2) is 0 Å². The lowest BCUT2D eigenvalue weighted by Gasteiger charge is -2.23. The molecule has 2 unspecified atom stereocenters. The molecule has 1 N–H and O–H groups in total. The van der Waals surface area contributed by atoms with Gasteiger partial charge in [0.25, 0.3) is 0 Å². The minimum atomic E-state index is 0.457. The van der Waals surface area contributed by atoms with Gasteiger partial charge in [-0.1, -0.05) is 30.4 Å². The predicted molar refractivity (Wildman–Crippen MR) is 80.2 cm³/mol. The largest absolute Gasteiger partial charge is 0.306 e. The quantitative estimate of drug-likeness (QED) is 0.788. The van der Waals surface area contributed by atoms with E-state index in [-0.39, 0.29) is 0 Å². The lowest BCUT2D eigenvalue weighted by Crippen LogP contribution is -2.31. The van der Waals surface area contributed by atoms with Crippen LogP contribution < -0.4 is 5.32 Å². The van der Waals surface area contributed by atoms with Crippen LogP contribution in [-0.2, 0) is 0 Å². The van der Waals surface area contributed by atoms with Crippen molar-refractivity contribution in [1.29, 1.82) is 0 Å². The summed E-state index contributed by atoms with van der Waals surface area (Å²) in [6, 6.07) is 12.1. The van der Waals surface area contributed by atoms with Crippen LogP contribution in [-0.4, -0.2) is 6.04 Å². The third kappa shape index (κ3) is 2.50. The Bertz CT molecular complexity index is 522. The molecule has 2 atom stereocenters. The lowest BCUT2D eigenvalue weighted by atomic mass is 10.0. The number of hydrogen-bond donors (Lipinski definition) is 1. The van der Waals surface area contributed by atoms with Gasteiger partial charge >= 0.3 is 0 Å². The molecule has 0 amide bonds. The zero-order chi connectivity index (χ0) is 12.4. The molecule has 0 aliphatic heterocycles. The highest BCUT2D eigenvalue weighted by Gasteiger charge is 2.15. The highest BCUT2D eigenvalue weighted by Crippen LogP contribution is 2.30. The van der Waals surface area contributed by atoms with E-state index in [4.69, 9.17) is 0 Å². The average molecular weight is 257 g/mol. The fourth-order valence-electron chi connectivity index (χ4n) is 2.60. The van der Waals surface area contributed by atoms with Crippen molar-refractivity contribution in [3.8, 4) is 0 Å². The molecule has 0 saturated carbocycles. The molecule has 1 aliphatic carbocycles. The summed E-state index contributed by atoms with van der Waals surface area (Å²) in [5.41, 5.74) is 0. The summed E-state index contributed by atoms with van der Waals surface area (Å²) in [4.78, 5) is 1.45. The van der Waals surface area contributed by atoms with E-state index in [0.29, 0.717) is 12.1 Å². The average Bonchev–Trinajstić information content (AvgIpc) is 2.84. The SMILES string of the molecule is CC(NC1CC=CCC1)c1cc2ccccc2s1. The molecular formula is C16H19NS. The zero-order valence-electron chi connectivity index (χ0n) is 10.7. The standard InChI is InChI=1S/C16H19NS/c1-12(17-14-8-3-2-4-9-14)16-11-13-7-5-6-10-15(13)18-16/h2-3,5-7,10-12,14,17H,4,8-9H2,1H3. The summed E-state index contributed by atoms with van der Waals surface area (Å²) in [6.07, 6.45) is 8.26. The van der Waals surface area contributed by atoms with Crippen molar-refractivity contribution in [1.82, 2.24) is 5.32 Å². The first-order chi connectivity index (χ1) is 8.83. The molecule has 1 aromatic carbocycles. The highest BCUT2D eigenvalue weighted by molar-refractivity contribution is 7.19. The fraction of sp³-hybridized carbons (Fsp3) is 0.375. The number of nitrogens with one attached hydrogen (secondary N) is 1. The summed E-state index contributed by atoms with van der Waals surface area (Å²) >= 11 is 1.91. The van der Waals surface area contributed by atoms with Gasteiger partial charge in [0.1, 0.15) is 0 Å². The molecule has 94 valence electrons. The predicted octanol–water partition coefficient (Wildman–Crippen LogP) is 4.66. The van der Waals surface area contributed by atoms with Crippen molar-refractivity contribution in [2.24, 2.45) is 0 Å². The van der Waals surface area contributed by atoms with Gasteiger partial charge in [-0.25, -0.2) is 0 Å². The third-order valence-electron chi connectivity index (χ3n) is 3.63. The maximum Gasteiger partial charge on any atom is 0.0388 e. The molecule has 1 aliphatic rings. The second kappa shape index (κ2) is 5.25. The summed E-state index contributed by atoms with van der Waals surface area (Å²) in [6.45, 7) is 2.28. The molecule has 0 saturated heterocycles. The van der Waals surface area contributed by atoms with E-state index in [9.17, 15) is 0 Å². The summed E-state index contributed by atoms with van der Waals surface area (Å²) in [5, 5.41) is 5.13. The molecule has 3 rings (SSSR count). The Morgan fingerprint density at radius 2 is 2.17 bits per heavy atom. The van der Waals surface area contributed by atoms with E-state index in [1.54, 1.807) is 0 Å². The molecule has 0 fully saturated rings. The Kier molecular flexibility index (Phi) is 3.48. The number of rotatable bonds is 3. The molecule has 2 aromatic rings. The minimum absolute atomic E-state index is 0.457. The number of benzene rings is 1. The van der Waals surface area contributed by atoms with E-state index < -0.39 is 0 Å². The van der Waals surface area contributed by atoms with Crippen LogP contribution in [0.25, 0.3) is 10.1 Å². The Labute approximate surface area is 113 Å². The molecule has 2 heteroatoms. The van der Waals surface area contributed by atoms with Gasteiger partial charge in [-0.05, 0) is 43.7 Å². The van der Waals surface area contributed by atoms with Crippen molar-refractivity contribution in [2.45, 2.75) is 38.3 Å². The van der Waals surface area contributed by atoms with Crippen molar-refractivity contribution < 1.29 is 0 Å². The Morgan fingerprint density at radius 3 is 2.94 bits per heavy atom. The van der Waals surface area contributed by atoms with Crippen molar-refractivity contribution >= 4 is 21.4 Å². The molecule has 0 bridgehead atoms. The second-order valence-electron chi connectivity index (χ2n) is 5.06. The molecule has 0 radical (unpaired) electrons. The molecular weight excluding hydrogens is 238 g/mol. The summed E-state index contributed by atoms with van der Waals surface area (Å²) in [7, 11) is 0. The third-order valence-corrected chi connectivity index (χ3v) is 4.92. The van der Waals surface area contributed by atoms with Crippen LogP contribution in [0.1, 0.15) is 37.1 Å². The van der Waals surface area contributed by atoms with Gasteiger partial charge in [0, 0.05) is 21.7 Å². The minimum Gasteiger partial charge on any atom is -0.306 e. The lowest BCUT2D eigenvalue weighted by molar-refractivity contribution is 0.429. The highest BCUT2D eigenvalue weighted by atomic mass is 32.1. The Balaban J connectivity index is 1.74. The van der Waals surface area contributed by atoms with E-state index in [1.807, 2.05) is 11.3 Å². The van der Waals surface area contributed by atoms with E-state index in [1.165, 1.54) is 34.2 Å². The number of thiophene rings is 1. The maximum atomic E-state index is 3.76. The smallest absolute Gasteiger partial charge is 0.0388 e. The van der Waals surface area contributed by atoms with E-state index in [0.717, 1.165) is 0 Å². The first-order valence-electron chi connectivity index (χ1n) is 6.72. The van der Waals surface area contributed by atoms with E-state index >= 15 is 0 Å². The van der Waals surface area contributed by atoms with Crippen LogP contribution in [0, 0.1) is 0 Å². The second-order valence-corrected chi connectivity index (χ2v) is 6.17. The zero-order valence-corrected chi connectivity index (χ0v) is 11.5. The van der Waals surface area contributed by atoms with Crippen LogP contribution in [0.15, 0.2) is 42.5 Å². The van der Waals surface area contributed by atoms with Crippen LogP contribution >= 0.6 is 11.3 Å². The van der Waals surface area contributed by atoms with Gasteiger partial charge in [-0.2, -0.15) is 0 Å². The van der Waals surface area contributed by atoms with Crippen LogP contribution in [0.3, 0.4) is 0 Å². The molecule has 0 spiro atoms. The number of fused-ring (bicyclic) bond motifs is 1. The van der Waals surface area contributed by atoms with Gasteiger partial charge in [-0.3, -0.25) is 0 Å². The normalized spacial score (nSPS) is 21.3. The van der Waals surface area contributed by atoms with Crippen LogP contribution in [0.5, 0.6) is 0 Å². The van der Waals surface area contributed by atoms with Gasteiger partial charge in [0.2, 0.25) is 0 Å². The number of hydrogen-bond acceptors (Lipinski definition) is 2. The summed E-state index contributed by atoms with van der Waals surface area (Å²) in [5.74, 6) is 0. The molecule has 1 aromatic heterocycles. The van der Waals surface area contributed by atoms with Crippen molar-refractivity contribution in [2.75, 3.05) is 0 Å². The Hall–Kier alpha value is -1.12. The van der Waals surface area contributed by atoms with Crippen LogP contribution in [0.2, 0.25) is 0 Å². The van der Waals surface area contributed by atoms with Gasteiger partial charge < -0.3 is 5.32 Å². The van der Waals surface area contributed by atoms with Crippen molar-refractivity contribution in [3.05, 3.63) is 47.4 Å².